The maximum absolute atomic E-state index is 12.4. The van der Waals surface area contributed by atoms with Crippen LogP contribution in [0.5, 0.6) is 0 Å². The van der Waals surface area contributed by atoms with E-state index in [1.807, 2.05) is 18.0 Å². The summed E-state index contributed by atoms with van der Waals surface area (Å²) in [5.41, 5.74) is 7.00. The number of nitrogens with two attached hydrogens (primary N) is 1. The van der Waals surface area contributed by atoms with Gasteiger partial charge in [-0.1, -0.05) is 31.7 Å². The van der Waals surface area contributed by atoms with Gasteiger partial charge < -0.3 is 10.6 Å². The highest BCUT2D eigenvalue weighted by Gasteiger charge is 2.22. The maximum Gasteiger partial charge on any atom is 0.272 e. The first-order valence-corrected chi connectivity index (χ1v) is 7.14. The van der Waals surface area contributed by atoms with Crippen molar-refractivity contribution in [1.29, 1.82) is 0 Å². The summed E-state index contributed by atoms with van der Waals surface area (Å²) in [6, 6.07) is 4.02. The first-order chi connectivity index (χ1) is 9.22. The number of amides is 1. The summed E-state index contributed by atoms with van der Waals surface area (Å²) >= 11 is 0. The molecular weight excluding hydrogens is 238 g/mol. The van der Waals surface area contributed by atoms with Crippen LogP contribution in [0.1, 0.15) is 54.6 Å². The molecule has 104 valence electrons. The van der Waals surface area contributed by atoms with Crippen LogP contribution in [0.15, 0.2) is 18.3 Å². The molecule has 0 saturated heterocycles. The predicted octanol–water partition coefficient (Wildman–Crippen LogP) is 2.34. The molecule has 0 bridgehead atoms. The van der Waals surface area contributed by atoms with E-state index in [0.717, 1.165) is 18.4 Å². The molecule has 0 aliphatic heterocycles. The number of carbonyl (C=O) groups is 1. The summed E-state index contributed by atoms with van der Waals surface area (Å²) < 4.78 is 0. The van der Waals surface area contributed by atoms with Crippen LogP contribution in [0.25, 0.3) is 0 Å². The van der Waals surface area contributed by atoms with Crippen molar-refractivity contribution < 1.29 is 4.79 Å². The number of aromatic nitrogens is 1. The average molecular weight is 261 g/mol. The Bertz CT molecular complexity index is 408. The molecule has 2 rings (SSSR count). The third-order valence-electron chi connectivity index (χ3n) is 3.97. The zero-order valence-electron chi connectivity index (χ0n) is 11.6. The Balaban J connectivity index is 2.04. The molecule has 0 spiro atoms. The smallest absolute Gasteiger partial charge is 0.272 e. The van der Waals surface area contributed by atoms with Gasteiger partial charge in [-0.05, 0) is 24.5 Å². The zero-order valence-corrected chi connectivity index (χ0v) is 11.6. The number of hydrogen-bond donors (Lipinski definition) is 1. The number of rotatable bonds is 3. The molecule has 4 nitrogen and oxygen atoms in total. The normalized spacial score (nSPS) is 16.9. The summed E-state index contributed by atoms with van der Waals surface area (Å²) in [7, 11) is 1.90. The lowest BCUT2D eigenvalue weighted by molar-refractivity contribution is 0.0711. The van der Waals surface area contributed by atoms with E-state index in [-0.39, 0.29) is 5.91 Å². The summed E-state index contributed by atoms with van der Waals surface area (Å²) in [6.07, 6.45) is 8.95. The van der Waals surface area contributed by atoms with E-state index >= 15 is 0 Å². The van der Waals surface area contributed by atoms with E-state index in [9.17, 15) is 4.79 Å². The number of carbonyl (C=O) groups excluding carboxylic acids is 1. The molecule has 0 aromatic carbocycles. The van der Waals surface area contributed by atoms with Crippen molar-refractivity contribution >= 4 is 5.91 Å². The van der Waals surface area contributed by atoms with E-state index in [0.29, 0.717) is 18.3 Å². The minimum atomic E-state index is 0.0236. The number of nitrogens with zero attached hydrogens (tertiary/aromatic N) is 2. The second kappa shape index (κ2) is 6.66. The van der Waals surface area contributed by atoms with Crippen molar-refractivity contribution in [3.8, 4) is 0 Å². The van der Waals surface area contributed by atoms with Crippen LogP contribution < -0.4 is 5.73 Å². The molecule has 1 aliphatic rings. The first-order valence-electron chi connectivity index (χ1n) is 7.14. The minimum Gasteiger partial charge on any atom is -0.337 e. The summed E-state index contributed by atoms with van der Waals surface area (Å²) in [4.78, 5) is 18.5. The van der Waals surface area contributed by atoms with Crippen molar-refractivity contribution in [2.75, 3.05) is 7.05 Å². The van der Waals surface area contributed by atoms with Crippen LogP contribution in [0.3, 0.4) is 0 Å². The molecule has 1 aromatic heterocycles. The molecule has 1 heterocycles. The highest BCUT2D eigenvalue weighted by molar-refractivity contribution is 5.92. The van der Waals surface area contributed by atoms with Crippen LogP contribution in [0.4, 0.5) is 0 Å². The molecule has 0 radical (unpaired) electrons. The predicted molar refractivity (Wildman–Crippen MR) is 75.7 cm³/mol. The molecule has 0 unspecified atom stereocenters. The molecule has 2 N–H and O–H groups in total. The van der Waals surface area contributed by atoms with Crippen molar-refractivity contribution in [3.63, 3.8) is 0 Å². The van der Waals surface area contributed by atoms with Gasteiger partial charge in [-0.15, -0.1) is 0 Å². The van der Waals surface area contributed by atoms with Crippen molar-refractivity contribution in [1.82, 2.24) is 9.88 Å². The molecule has 4 heteroatoms. The van der Waals surface area contributed by atoms with Gasteiger partial charge in [0, 0.05) is 25.8 Å². The largest absolute Gasteiger partial charge is 0.337 e. The lowest BCUT2D eigenvalue weighted by atomic mass is 10.1. The Labute approximate surface area is 115 Å². The standard InChI is InChI=1S/C15H23N3O/c1-18(13-6-4-2-3-5-7-13)15(19)14-9-8-12(10-16)11-17-14/h8-9,11,13H,2-7,10,16H2,1H3. The highest BCUT2D eigenvalue weighted by Crippen LogP contribution is 2.22. The van der Waals surface area contributed by atoms with Crippen LogP contribution in [0.2, 0.25) is 0 Å². The monoisotopic (exact) mass is 261 g/mol. The SMILES string of the molecule is CN(C(=O)c1ccc(CN)cn1)C1CCCCCC1. The molecule has 0 atom stereocenters. The number of hydrogen-bond acceptors (Lipinski definition) is 3. The molecule has 19 heavy (non-hydrogen) atoms. The second-order valence-electron chi connectivity index (χ2n) is 5.32. The van der Waals surface area contributed by atoms with Gasteiger partial charge in [0.2, 0.25) is 0 Å². The van der Waals surface area contributed by atoms with Crippen molar-refractivity contribution in [2.45, 2.75) is 51.1 Å². The third-order valence-corrected chi connectivity index (χ3v) is 3.97. The Morgan fingerprint density at radius 1 is 1.32 bits per heavy atom. The van der Waals surface area contributed by atoms with E-state index < -0.39 is 0 Å². The molecule has 1 saturated carbocycles. The Kier molecular flexibility index (Phi) is 4.91. The summed E-state index contributed by atoms with van der Waals surface area (Å²) in [5, 5.41) is 0. The maximum atomic E-state index is 12.4. The van der Waals surface area contributed by atoms with Crippen LogP contribution in [-0.4, -0.2) is 28.9 Å². The first kappa shape index (κ1) is 14.0. The van der Waals surface area contributed by atoms with E-state index in [4.69, 9.17) is 5.73 Å². The lowest BCUT2D eigenvalue weighted by Crippen LogP contribution is -2.37. The van der Waals surface area contributed by atoms with Gasteiger partial charge in [0.15, 0.2) is 0 Å². The molecule has 1 fully saturated rings. The van der Waals surface area contributed by atoms with Gasteiger partial charge in [0.25, 0.3) is 5.91 Å². The van der Waals surface area contributed by atoms with Gasteiger partial charge in [0.1, 0.15) is 5.69 Å². The summed E-state index contributed by atoms with van der Waals surface area (Å²) in [5.74, 6) is 0.0236. The molecule has 1 aliphatic carbocycles. The fourth-order valence-electron chi connectivity index (χ4n) is 2.66. The lowest BCUT2D eigenvalue weighted by Gasteiger charge is -2.26. The molecule has 1 aromatic rings. The van der Waals surface area contributed by atoms with Crippen LogP contribution in [0, 0.1) is 0 Å². The van der Waals surface area contributed by atoms with Gasteiger partial charge in [0.05, 0.1) is 0 Å². The van der Waals surface area contributed by atoms with Crippen molar-refractivity contribution in [2.24, 2.45) is 5.73 Å². The average Bonchev–Trinajstić information content (AvgIpc) is 2.75. The van der Waals surface area contributed by atoms with E-state index in [1.54, 1.807) is 12.3 Å². The Morgan fingerprint density at radius 2 is 2.00 bits per heavy atom. The fourth-order valence-corrected chi connectivity index (χ4v) is 2.66. The van der Waals surface area contributed by atoms with E-state index in [1.165, 1.54) is 25.7 Å². The van der Waals surface area contributed by atoms with Crippen LogP contribution >= 0.6 is 0 Å². The summed E-state index contributed by atoms with van der Waals surface area (Å²) in [6.45, 7) is 0.458. The second-order valence-corrected chi connectivity index (χ2v) is 5.32. The topological polar surface area (TPSA) is 59.2 Å². The molecule has 1 amide bonds. The fraction of sp³-hybridized carbons (Fsp3) is 0.600. The Hall–Kier alpha value is -1.42. The minimum absolute atomic E-state index is 0.0236. The highest BCUT2D eigenvalue weighted by atomic mass is 16.2. The van der Waals surface area contributed by atoms with Gasteiger partial charge in [-0.25, -0.2) is 0 Å². The van der Waals surface area contributed by atoms with Gasteiger partial charge in [-0.2, -0.15) is 0 Å². The van der Waals surface area contributed by atoms with Crippen LogP contribution in [-0.2, 0) is 6.54 Å². The quantitative estimate of drug-likeness (QED) is 0.850. The van der Waals surface area contributed by atoms with Crippen molar-refractivity contribution in [3.05, 3.63) is 29.6 Å². The molecular formula is C15H23N3O. The van der Waals surface area contributed by atoms with E-state index in [2.05, 4.69) is 4.98 Å². The van der Waals surface area contributed by atoms with Gasteiger partial charge >= 0.3 is 0 Å². The zero-order chi connectivity index (χ0) is 13.7. The number of pyridine rings is 1. The third kappa shape index (κ3) is 3.53. The Morgan fingerprint density at radius 3 is 2.53 bits per heavy atom. The van der Waals surface area contributed by atoms with Gasteiger partial charge in [-0.3, -0.25) is 9.78 Å².